The number of hydrogen-bond donors (Lipinski definition) is 0. The third-order valence-electron chi connectivity index (χ3n) is 1.76. The largest absolute Gasteiger partial charge is 0.336 e. The van der Waals surface area contributed by atoms with E-state index in [0.29, 0.717) is 30.4 Å². The summed E-state index contributed by atoms with van der Waals surface area (Å²) in [6.07, 6.45) is 0. The van der Waals surface area contributed by atoms with Crippen molar-refractivity contribution in [3.8, 4) is 0 Å². The predicted octanol–water partition coefficient (Wildman–Crippen LogP) is 2.67. The van der Waals surface area contributed by atoms with Gasteiger partial charge in [-0.1, -0.05) is 0 Å². The van der Waals surface area contributed by atoms with Crippen LogP contribution in [0.5, 0.6) is 0 Å². The van der Waals surface area contributed by atoms with Crippen molar-refractivity contribution in [1.82, 2.24) is 4.90 Å². The molecule has 2 nitrogen and oxygen atoms in total. The molecule has 0 spiro atoms. The predicted molar refractivity (Wildman–Crippen MR) is 61.7 cm³/mol. The van der Waals surface area contributed by atoms with Gasteiger partial charge in [0, 0.05) is 30.2 Å². The average molecular weight is 252 g/mol. The smallest absolute Gasteiger partial charge is 0.254 e. The van der Waals surface area contributed by atoms with Gasteiger partial charge >= 0.3 is 0 Å². The lowest BCUT2D eigenvalue weighted by molar-refractivity contribution is 0.0775. The third-order valence-corrected chi connectivity index (χ3v) is 2.79. The molecule has 0 bridgehead atoms. The summed E-state index contributed by atoms with van der Waals surface area (Å²) in [4.78, 5) is 13.5. The molecule has 78 valence electrons. The molecule has 0 aliphatic rings. The van der Waals surface area contributed by atoms with Crippen molar-refractivity contribution < 1.29 is 4.79 Å². The monoisotopic (exact) mass is 251 g/mol. The Bertz CT molecular complexity index is 270. The van der Waals surface area contributed by atoms with E-state index in [-0.39, 0.29) is 5.91 Å². The number of carbonyl (C=O) groups excluding carboxylic acids is 1. The summed E-state index contributed by atoms with van der Waals surface area (Å²) in [5, 5.41) is 3.71. The maximum Gasteiger partial charge on any atom is 0.254 e. The molecule has 0 saturated carbocycles. The summed E-state index contributed by atoms with van der Waals surface area (Å²) < 4.78 is 0. The maximum absolute atomic E-state index is 11.8. The highest BCUT2D eigenvalue weighted by molar-refractivity contribution is 7.08. The lowest BCUT2D eigenvalue weighted by Crippen LogP contribution is -2.34. The van der Waals surface area contributed by atoms with Gasteiger partial charge in [0.25, 0.3) is 5.91 Å². The van der Waals surface area contributed by atoms with E-state index in [1.54, 1.807) is 4.90 Å². The molecule has 0 fully saturated rings. The first kappa shape index (κ1) is 11.8. The van der Waals surface area contributed by atoms with Gasteiger partial charge in [0.2, 0.25) is 0 Å². The molecule has 14 heavy (non-hydrogen) atoms. The van der Waals surface area contributed by atoms with Crippen molar-refractivity contribution in [1.29, 1.82) is 0 Å². The number of hydrogen-bond acceptors (Lipinski definition) is 2. The molecule has 1 rings (SSSR count). The molecule has 0 saturated heterocycles. The Morgan fingerprint density at radius 2 is 2.00 bits per heavy atom. The molecule has 0 unspecified atom stereocenters. The molecule has 1 amide bonds. The normalized spacial score (nSPS) is 10.1. The first-order valence-corrected chi connectivity index (χ1v) is 6.24. The van der Waals surface area contributed by atoms with Crippen molar-refractivity contribution in [3.63, 3.8) is 0 Å². The van der Waals surface area contributed by atoms with E-state index in [1.807, 2.05) is 16.8 Å². The van der Waals surface area contributed by atoms with E-state index in [0.717, 1.165) is 0 Å². The Hall–Kier alpha value is -0.250. The molecule has 0 radical (unpaired) electrons. The van der Waals surface area contributed by atoms with Crippen LogP contribution in [0.3, 0.4) is 0 Å². The molecule has 1 heterocycles. The molecule has 1 aromatic heterocycles. The van der Waals surface area contributed by atoms with Crippen LogP contribution in [0.2, 0.25) is 0 Å². The minimum Gasteiger partial charge on any atom is -0.336 e. The van der Waals surface area contributed by atoms with Crippen LogP contribution in [0.25, 0.3) is 0 Å². The second kappa shape index (κ2) is 6.27. The van der Waals surface area contributed by atoms with Crippen LogP contribution in [-0.4, -0.2) is 35.7 Å². The molecule has 0 N–H and O–H groups in total. The quantitative estimate of drug-likeness (QED) is 0.738. The first-order valence-electron chi connectivity index (χ1n) is 4.23. The van der Waals surface area contributed by atoms with E-state index < -0.39 is 0 Å². The first-order chi connectivity index (χ1) is 6.79. The second-order valence-corrected chi connectivity index (χ2v) is 4.22. The van der Waals surface area contributed by atoms with Crippen LogP contribution in [0.15, 0.2) is 16.8 Å². The van der Waals surface area contributed by atoms with Gasteiger partial charge in [0.15, 0.2) is 0 Å². The minimum atomic E-state index is 0.00699. The standard InChI is InChI=1S/C9H11Cl2NOS/c10-2-4-12(5-3-11)9(13)8-1-6-14-7-8/h1,6-7H,2-5H2. The number of rotatable bonds is 5. The molecule has 0 atom stereocenters. The fourth-order valence-electron chi connectivity index (χ4n) is 1.09. The summed E-state index contributed by atoms with van der Waals surface area (Å²) in [7, 11) is 0. The van der Waals surface area contributed by atoms with E-state index in [9.17, 15) is 4.79 Å². The van der Waals surface area contributed by atoms with Crippen LogP contribution >= 0.6 is 34.5 Å². The number of thiophene rings is 1. The summed E-state index contributed by atoms with van der Waals surface area (Å²) >= 11 is 12.7. The van der Waals surface area contributed by atoms with E-state index >= 15 is 0 Å². The number of halogens is 2. The summed E-state index contributed by atoms with van der Waals surface area (Å²) in [6.45, 7) is 1.09. The summed E-state index contributed by atoms with van der Waals surface area (Å²) in [6, 6.07) is 1.81. The molecular formula is C9H11Cl2NOS. The van der Waals surface area contributed by atoms with Gasteiger partial charge in [-0.2, -0.15) is 11.3 Å². The van der Waals surface area contributed by atoms with E-state index in [1.165, 1.54) is 11.3 Å². The number of alkyl halides is 2. The highest BCUT2D eigenvalue weighted by atomic mass is 35.5. The van der Waals surface area contributed by atoms with Gasteiger partial charge in [0.05, 0.1) is 5.56 Å². The minimum absolute atomic E-state index is 0.00699. The topological polar surface area (TPSA) is 20.3 Å². The number of amides is 1. The third kappa shape index (κ3) is 3.15. The Labute approximate surface area is 97.4 Å². The Balaban J connectivity index is 2.63. The van der Waals surface area contributed by atoms with Gasteiger partial charge in [-0.25, -0.2) is 0 Å². The lowest BCUT2D eigenvalue weighted by atomic mass is 10.3. The van der Waals surface area contributed by atoms with Gasteiger partial charge in [0.1, 0.15) is 0 Å². The zero-order valence-electron chi connectivity index (χ0n) is 7.58. The van der Waals surface area contributed by atoms with Gasteiger partial charge < -0.3 is 4.90 Å². The van der Waals surface area contributed by atoms with Crippen LogP contribution in [0.1, 0.15) is 10.4 Å². The molecule has 5 heteroatoms. The van der Waals surface area contributed by atoms with Gasteiger partial charge in [-0.3, -0.25) is 4.79 Å². The molecule has 1 aromatic rings. The molecule has 0 aliphatic heterocycles. The van der Waals surface area contributed by atoms with Crippen LogP contribution in [-0.2, 0) is 0 Å². The Morgan fingerprint density at radius 1 is 1.36 bits per heavy atom. The van der Waals surface area contributed by atoms with E-state index in [4.69, 9.17) is 23.2 Å². The second-order valence-electron chi connectivity index (χ2n) is 2.68. The van der Waals surface area contributed by atoms with Crippen LogP contribution in [0.4, 0.5) is 0 Å². The maximum atomic E-state index is 11.8. The summed E-state index contributed by atoms with van der Waals surface area (Å²) in [5.41, 5.74) is 0.713. The van der Waals surface area contributed by atoms with Crippen LogP contribution in [0, 0.1) is 0 Å². The Kier molecular flexibility index (Phi) is 5.30. The van der Waals surface area contributed by atoms with Crippen molar-refractivity contribution in [2.24, 2.45) is 0 Å². The zero-order chi connectivity index (χ0) is 10.4. The van der Waals surface area contributed by atoms with Gasteiger partial charge in [-0.05, 0) is 11.4 Å². The fraction of sp³-hybridized carbons (Fsp3) is 0.444. The van der Waals surface area contributed by atoms with Crippen molar-refractivity contribution >= 4 is 40.4 Å². The SMILES string of the molecule is O=C(c1ccsc1)N(CCCl)CCCl. The zero-order valence-corrected chi connectivity index (χ0v) is 9.91. The fourth-order valence-corrected chi connectivity index (χ4v) is 2.13. The number of carbonyl (C=O) groups is 1. The average Bonchev–Trinajstić information content (AvgIpc) is 2.69. The van der Waals surface area contributed by atoms with Crippen molar-refractivity contribution in [2.45, 2.75) is 0 Å². The Morgan fingerprint density at radius 3 is 2.43 bits per heavy atom. The van der Waals surface area contributed by atoms with Gasteiger partial charge in [-0.15, -0.1) is 23.2 Å². The summed E-state index contributed by atoms with van der Waals surface area (Å²) in [5.74, 6) is 0.882. The highest BCUT2D eigenvalue weighted by Gasteiger charge is 2.14. The molecule has 0 aromatic carbocycles. The highest BCUT2D eigenvalue weighted by Crippen LogP contribution is 2.09. The number of nitrogens with zero attached hydrogens (tertiary/aromatic N) is 1. The van der Waals surface area contributed by atoms with E-state index in [2.05, 4.69) is 0 Å². The van der Waals surface area contributed by atoms with Crippen molar-refractivity contribution in [3.05, 3.63) is 22.4 Å². The molecule has 0 aliphatic carbocycles. The lowest BCUT2D eigenvalue weighted by Gasteiger charge is -2.19. The van der Waals surface area contributed by atoms with Crippen LogP contribution < -0.4 is 0 Å². The van der Waals surface area contributed by atoms with Crippen molar-refractivity contribution in [2.75, 3.05) is 24.8 Å². The molecular weight excluding hydrogens is 241 g/mol.